The summed E-state index contributed by atoms with van der Waals surface area (Å²) in [5.74, 6) is -0.0556. The molecule has 0 aromatic rings. The molecule has 1 rings (SSSR count). The molecule has 0 amide bonds. The predicted molar refractivity (Wildman–Crippen MR) is 63.0 cm³/mol. The molecule has 82 valence electrons. The smallest absolute Gasteiger partial charge is 0.190 e. The number of aliphatic imine (C=N–C) groups is 1. The molecule has 5 heteroatoms. The Labute approximate surface area is 93.9 Å². The molecule has 0 heterocycles. The number of nitrogens with two attached hydrogens (primary N) is 1. The number of aliphatic hydroxyl groups excluding tert-OH is 1. The fourth-order valence-corrected chi connectivity index (χ4v) is 1.63. The number of aliphatic hydroxyl groups is 1. The standard InChI is InChI=1S/C10H14N2O2S/c1-10(2)3-7(13)6(8(14)4-10)5-12-9(11)15/h5,13H,3-4H2,1-2H3,(H2,11,15). The molecule has 0 saturated carbocycles. The van der Waals surface area contributed by atoms with Crippen molar-refractivity contribution >= 4 is 29.3 Å². The van der Waals surface area contributed by atoms with E-state index in [1.165, 1.54) is 6.21 Å². The van der Waals surface area contributed by atoms with E-state index in [2.05, 4.69) is 17.2 Å². The third kappa shape index (κ3) is 3.13. The molecule has 0 saturated heterocycles. The van der Waals surface area contributed by atoms with E-state index in [0.717, 1.165) is 0 Å². The highest BCUT2D eigenvalue weighted by molar-refractivity contribution is 7.80. The van der Waals surface area contributed by atoms with Crippen molar-refractivity contribution in [2.45, 2.75) is 26.7 Å². The molecule has 1 aliphatic rings. The molecule has 0 fully saturated rings. The molecule has 0 atom stereocenters. The van der Waals surface area contributed by atoms with Gasteiger partial charge in [-0.2, -0.15) is 0 Å². The number of carbonyl (C=O) groups is 1. The third-order valence-electron chi connectivity index (χ3n) is 2.22. The summed E-state index contributed by atoms with van der Waals surface area (Å²) >= 11 is 4.55. The summed E-state index contributed by atoms with van der Waals surface area (Å²) in [6.07, 6.45) is 2.11. The van der Waals surface area contributed by atoms with Gasteiger partial charge in [-0.1, -0.05) is 13.8 Å². The van der Waals surface area contributed by atoms with Gasteiger partial charge in [-0.15, -0.1) is 0 Å². The van der Waals surface area contributed by atoms with Crippen molar-refractivity contribution in [2.24, 2.45) is 16.1 Å². The lowest BCUT2D eigenvalue weighted by atomic mass is 9.77. The Balaban J connectivity index is 2.97. The summed E-state index contributed by atoms with van der Waals surface area (Å²) < 4.78 is 0. The van der Waals surface area contributed by atoms with Gasteiger partial charge < -0.3 is 10.8 Å². The lowest BCUT2D eigenvalue weighted by Gasteiger charge is -2.28. The Morgan fingerprint density at radius 2 is 2.20 bits per heavy atom. The molecule has 1 aliphatic carbocycles. The van der Waals surface area contributed by atoms with E-state index in [9.17, 15) is 9.90 Å². The maximum atomic E-state index is 11.6. The maximum absolute atomic E-state index is 11.6. The summed E-state index contributed by atoms with van der Waals surface area (Å²) in [6, 6.07) is 0. The van der Waals surface area contributed by atoms with Crippen LogP contribution in [0.3, 0.4) is 0 Å². The van der Waals surface area contributed by atoms with Crippen LogP contribution in [-0.4, -0.2) is 22.2 Å². The first-order valence-corrected chi connectivity index (χ1v) is 5.01. The Hall–Kier alpha value is -1.23. The van der Waals surface area contributed by atoms with Crippen molar-refractivity contribution in [3.05, 3.63) is 11.3 Å². The topological polar surface area (TPSA) is 75.7 Å². The number of thiocarbonyl (C=S) groups is 1. The van der Waals surface area contributed by atoms with Crippen molar-refractivity contribution in [1.29, 1.82) is 0 Å². The van der Waals surface area contributed by atoms with Gasteiger partial charge in [-0.3, -0.25) is 4.79 Å². The molecule has 0 radical (unpaired) electrons. The minimum atomic E-state index is -0.193. The quantitative estimate of drug-likeness (QED) is 0.525. The summed E-state index contributed by atoms with van der Waals surface area (Å²) in [5, 5.41) is 9.62. The van der Waals surface area contributed by atoms with Gasteiger partial charge in [0.2, 0.25) is 0 Å². The number of hydrogen-bond acceptors (Lipinski definition) is 3. The van der Waals surface area contributed by atoms with Crippen LogP contribution in [0, 0.1) is 5.41 Å². The number of rotatable bonds is 1. The summed E-state index contributed by atoms with van der Waals surface area (Å²) in [6.45, 7) is 3.87. The van der Waals surface area contributed by atoms with Crippen LogP contribution in [0.1, 0.15) is 26.7 Å². The molecule has 0 spiro atoms. The number of Topliss-reactive ketones (excluding diaryl/α,β-unsaturated/α-hetero) is 1. The van der Waals surface area contributed by atoms with E-state index in [-0.39, 0.29) is 27.6 Å². The van der Waals surface area contributed by atoms with Gasteiger partial charge in [-0.05, 0) is 17.6 Å². The fraction of sp³-hybridized carbons (Fsp3) is 0.500. The van der Waals surface area contributed by atoms with E-state index in [1.807, 2.05) is 13.8 Å². The number of ketones is 1. The number of carbonyl (C=O) groups excluding carboxylic acids is 1. The largest absolute Gasteiger partial charge is 0.511 e. The van der Waals surface area contributed by atoms with Gasteiger partial charge in [0.15, 0.2) is 10.9 Å². The average Bonchev–Trinajstić information content (AvgIpc) is 1.98. The van der Waals surface area contributed by atoms with Gasteiger partial charge >= 0.3 is 0 Å². The lowest BCUT2D eigenvalue weighted by Crippen LogP contribution is -2.26. The Morgan fingerprint density at radius 3 is 2.67 bits per heavy atom. The maximum Gasteiger partial charge on any atom is 0.190 e. The van der Waals surface area contributed by atoms with Crippen LogP contribution < -0.4 is 5.73 Å². The number of nitrogens with zero attached hydrogens (tertiary/aromatic N) is 1. The van der Waals surface area contributed by atoms with Crippen molar-refractivity contribution < 1.29 is 9.90 Å². The van der Waals surface area contributed by atoms with Crippen molar-refractivity contribution in [3.63, 3.8) is 0 Å². The van der Waals surface area contributed by atoms with E-state index < -0.39 is 0 Å². The first-order chi connectivity index (χ1) is 6.82. The summed E-state index contributed by atoms with van der Waals surface area (Å²) in [7, 11) is 0. The Kier molecular flexibility index (Phi) is 3.24. The zero-order valence-corrected chi connectivity index (χ0v) is 9.60. The summed E-state index contributed by atoms with van der Waals surface area (Å²) in [4.78, 5) is 15.3. The number of hydrogen-bond donors (Lipinski definition) is 2. The van der Waals surface area contributed by atoms with E-state index in [0.29, 0.717) is 12.8 Å². The van der Waals surface area contributed by atoms with Gasteiger partial charge in [0, 0.05) is 19.1 Å². The Bertz CT molecular complexity index is 370. The van der Waals surface area contributed by atoms with Crippen molar-refractivity contribution in [1.82, 2.24) is 0 Å². The molecule has 0 unspecified atom stereocenters. The third-order valence-corrected chi connectivity index (χ3v) is 2.32. The monoisotopic (exact) mass is 226 g/mol. The average molecular weight is 226 g/mol. The zero-order chi connectivity index (χ0) is 11.6. The van der Waals surface area contributed by atoms with Crippen LogP contribution >= 0.6 is 12.2 Å². The normalized spacial score (nSPS) is 21.1. The van der Waals surface area contributed by atoms with Gasteiger partial charge in [0.25, 0.3) is 0 Å². The molecule has 0 bridgehead atoms. The molecule has 0 aromatic carbocycles. The zero-order valence-electron chi connectivity index (χ0n) is 8.78. The predicted octanol–water partition coefficient (Wildman–Crippen LogP) is 1.50. The Morgan fingerprint density at radius 1 is 1.60 bits per heavy atom. The van der Waals surface area contributed by atoms with Crippen LogP contribution in [0.15, 0.2) is 16.3 Å². The highest BCUT2D eigenvalue weighted by Gasteiger charge is 2.32. The van der Waals surface area contributed by atoms with Gasteiger partial charge in [0.05, 0.1) is 5.57 Å². The molecule has 3 N–H and O–H groups in total. The van der Waals surface area contributed by atoms with Crippen LogP contribution in [0.25, 0.3) is 0 Å². The van der Waals surface area contributed by atoms with E-state index in [4.69, 9.17) is 5.73 Å². The van der Waals surface area contributed by atoms with Gasteiger partial charge in [-0.25, -0.2) is 4.99 Å². The van der Waals surface area contributed by atoms with E-state index >= 15 is 0 Å². The van der Waals surface area contributed by atoms with Crippen molar-refractivity contribution in [3.8, 4) is 0 Å². The minimum absolute atomic E-state index is 0.0482. The van der Waals surface area contributed by atoms with Crippen molar-refractivity contribution in [2.75, 3.05) is 0 Å². The highest BCUT2D eigenvalue weighted by Crippen LogP contribution is 2.34. The molecular formula is C10H14N2O2S. The second kappa shape index (κ2) is 4.10. The van der Waals surface area contributed by atoms with Gasteiger partial charge in [0.1, 0.15) is 5.76 Å². The van der Waals surface area contributed by atoms with Crippen LogP contribution in [0.2, 0.25) is 0 Å². The molecule has 0 aromatic heterocycles. The summed E-state index contributed by atoms with van der Waals surface area (Å²) in [5.41, 5.74) is 5.20. The number of allylic oxidation sites excluding steroid dienone is 2. The fourth-order valence-electron chi connectivity index (χ4n) is 1.58. The SMILES string of the molecule is CC1(C)CC(=O)C(C=NC(N)=S)=C(O)C1. The minimum Gasteiger partial charge on any atom is -0.511 e. The first-order valence-electron chi connectivity index (χ1n) is 4.61. The second-order valence-electron chi connectivity index (χ2n) is 4.40. The van der Waals surface area contributed by atoms with Crippen LogP contribution in [0.5, 0.6) is 0 Å². The van der Waals surface area contributed by atoms with Crippen LogP contribution in [0.4, 0.5) is 0 Å². The highest BCUT2D eigenvalue weighted by atomic mass is 32.1. The van der Waals surface area contributed by atoms with E-state index in [1.54, 1.807) is 0 Å². The molecule has 0 aliphatic heterocycles. The molecule has 4 nitrogen and oxygen atoms in total. The van der Waals surface area contributed by atoms with Crippen LogP contribution in [-0.2, 0) is 4.79 Å². The molecular weight excluding hydrogens is 212 g/mol. The lowest BCUT2D eigenvalue weighted by molar-refractivity contribution is -0.117. The molecule has 15 heavy (non-hydrogen) atoms. The first kappa shape index (κ1) is 11.8. The second-order valence-corrected chi connectivity index (χ2v) is 4.82.